The number of hydrogen-bond acceptors (Lipinski definition) is 8. The minimum Gasteiger partial charge on any atom is -0.480 e. The fraction of sp³-hybridized carbons (Fsp3) is 0.435. The number of carboxylic acid groups (broad SMARTS) is 1. The highest BCUT2D eigenvalue weighted by atomic mass is 19.1. The first-order chi connectivity index (χ1) is 16.9. The van der Waals surface area contributed by atoms with Crippen LogP contribution in [0.5, 0.6) is 0 Å². The molecule has 3 aromatic rings. The third-order valence-corrected chi connectivity index (χ3v) is 6.24. The standard InChI is InChI=1S/C23H27FN8O3/c24-19-9-16(7-8-25-19)30-23(35)18-11-27-22-17(28-14-5-6-14)10-20(31-32(18)22)29-15-3-1-13(2-4-15)26-12-21(33)34/h7-11,13-15,26,28H,1-6,12H2,(H,29,31)(H,33,34)(H,25,30,35). The van der Waals surface area contributed by atoms with Gasteiger partial charge in [-0.3, -0.25) is 9.59 Å². The van der Waals surface area contributed by atoms with E-state index >= 15 is 0 Å². The summed E-state index contributed by atoms with van der Waals surface area (Å²) >= 11 is 0. The van der Waals surface area contributed by atoms with Crippen LogP contribution in [0.25, 0.3) is 5.65 Å². The quantitative estimate of drug-likeness (QED) is 0.290. The van der Waals surface area contributed by atoms with Crippen molar-refractivity contribution >= 4 is 34.7 Å². The van der Waals surface area contributed by atoms with E-state index in [4.69, 9.17) is 5.11 Å². The second-order valence-corrected chi connectivity index (χ2v) is 9.03. The predicted molar refractivity (Wildman–Crippen MR) is 127 cm³/mol. The van der Waals surface area contributed by atoms with E-state index in [1.807, 2.05) is 6.07 Å². The number of amides is 1. The molecule has 0 spiro atoms. The van der Waals surface area contributed by atoms with Crippen LogP contribution < -0.4 is 21.3 Å². The van der Waals surface area contributed by atoms with Gasteiger partial charge in [0.25, 0.3) is 5.91 Å². The number of halogens is 1. The molecule has 0 unspecified atom stereocenters. The number of carbonyl (C=O) groups excluding carboxylic acids is 1. The van der Waals surface area contributed by atoms with Crippen LogP contribution in [-0.2, 0) is 4.79 Å². The van der Waals surface area contributed by atoms with Crippen molar-refractivity contribution < 1.29 is 19.1 Å². The van der Waals surface area contributed by atoms with Crippen molar-refractivity contribution in [3.8, 4) is 0 Å². The summed E-state index contributed by atoms with van der Waals surface area (Å²) in [5.74, 6) is -1.39. The number of anilines is 3. The van der Waals surface area contributed by atoms with Gasteiger partial charge in [0.2, 0.25) is 5.95 Å². The lowest BCUT2D eigenvalue weighted by Gasteiger charge is -2.29. The summed E-state index contributed by atoms with van der Waals surface area (Å²) in [6.45, 7) is -0.0330. The Bertz CT molecular complexity index is 1240. The molecule has 12 heteroatoms. The van der Waals surface area contributed by atoms with E-state index in [0.29, 0.717) is 17.5 Å². The maximum absolute atomic E-state index is 13.4. The van der Waals surface area contributed by atoms with Crippen LogP contribution in [-0.4, -0.2) is 61.2 Å². The molecule has 0 radical (unpaired) electrons. The molecule has 0 saturated heterocycles. The zero-order valence-electron chi connectivity index (χ0n) is 19.0. The van der Waals surface area contributed by atoms with Crippen molar-refractivity contribution in [2.75, 3.05) is 22.5 Å². The molecule has 184 valence electrons. The van der Waals surface area contributed by atoms with Crippen molar-refractivity contribution in [3.05, 3.63) is 42.2 Å². The SMILES string of the molecule is O=C(O)CNC1CCC(Nc2cc(NC3CC3)c3ncc(C(=O)Nc4ccnc(F)c4)n3n2)CC1. The third-order valence-electron chi connectivity index (χ3n) is 6.24. The highest BCUT2D eigenvalue weighted by Crippen LogP contribution is 2.30. The van der Waals surface area contributed by atoms with E-state index in [2.05, 4.69) is 36.3 Å². The number of rotatable bonds is 9. The van der Waals surface area contributed by atoms with Crippen LogP contribution in [0.1, 0.15) is 49.0 Å². The summed E-state index contributed by atoms with van der Waals surface area (Å²) in [6.07, 6.45) is 8.35. The van der Waals surface area contributed by atoms with Crippen molar-refractivity contribution in [3.63, 3.8) is 0 Å². The Hall–Kier alpha value is -3.80. The summed E-state index contributed by atoms with van der Waals surface area (Å²) < 4.78 is 14.9. The molecular formula is C23H27FN8O3. The van der Waals surface area contributed by atoms with Gasteiger partial charge in [-0.1, -0.05) is 0 Å². The van der Waals surface area contributed by atoms with Gasteiger partial charge in [-0.2, -0.15) is 4.39 Å². The van der Waals surface area contributed by atoms with E-state index in [9.17, 15) is 14.0 Å². The Morgan fingerprint density at radius 1 is 1.03 bits per heavy atom. The van der Waals surface area contributed by atoms with E-state index in [1.54, 1.807) is 0 Å². The lowest BCUT2D eigenvalue weighted by atomic mass is 9.91. The van der Waals surface area contributed by atoms with E-state index in [-0.39, 0.29) is 30.0 Å². The molecule has 0 aromatic carbocycles. The van der Waals surface area contributed by atoms with E-state index < -0.39 is 17.8 Å². The van der Waals surface area contributed by atoms with E-state index in [0.717, 1.165) is 50.3 Å². The Labute approximate surface area is 200 Å². The molecule has 0 aliphatic heterocycles. The Balaban J connectivity index is 1.34. The van der Waals surface area contributed by atoms with Crippen LogP contribution in [0, 0.1) is 5.95 Å². The van der Waals surface area contributed by atoms with Gasteiger partial charge >= 0.3 is 5.97 Å². The van der Waals surface area contributed by atoms with Crippen LogP contribution >= 0.6 is 0 Å². The van der Waals surface area contributed by atoms with Gasteiger partial charge in [-0.15, -0.1) is 5.10 Å². The second-order valence-electron chi connectivity index (χ2n) is 9.03. The molecule has 2 aliphatic carbocycles. The maximum Gasteiger partial charge on any atom is 0.317 e. The highest BCUT2D eigenvalue weighted by Gasteiger charge is 2.26. The molecule has 3 heterocycles. The van der Waals surface area contributed by atoms with Crippen molar-refractivity contribution in [2.45, 2.75) is 56.7 Å². The predicted octanol–water partition coefficient (Wildman–Crippen LogP) is 2.49. The second kappa shape index (κ2) is 9.82. The molecule has 2 fully saturated rings. The van der Waals surface area contributed by atoms with Crippen molar-refractivity contribution in [1.82, 2.24) is 24.9 Å². The average molecular weight is 483 g/mol. The highest BCUT2D eigenvalue weighted by molar-refractivity contribution is 6.03. The summed E-state index contributed by atoms with van der Waals surface area (Å²) in [6, 6.07) is 5.30. The van der Waals surface area contributed by atoms with Gasteiger partial charge in [0.05, 0.1) is 18.4 Å². The topological polar surface area (TPSA) is 146 Å². The normalized spacial score (nSPS) is 19.9. The number of aromatic nitrogens is 4. The fourth-order valence-corrected chi connectivity index (χ4v) is 4.31. The van der Waals surface area contributed by atoms with Crippen LogP contribution in [0.15, 0.2) is 30.6 Å². The molecular weight excluding hydrogens is 455 g/mol. The lowest BCUT2D eigenvalue weighted by molar-refractivity contribution is -0.136. The number of aliphatic carboxylic acids is 1. The first kappa shape index (κ1) is 23.0. The number of carbonyl (C=O) groups is 2. The lowest BCUT2D eigenvalue weighted by Crippen LogP contribution is -2.39. The summed E-state index contributed by atoms with van der Waals surface area (Å²) in [7, 11) is 0. The number of pyridine rings is 1. The maximum atomic E-state index is 13.4. The minimum atomic E-state index is -0.854. The molecule has 2 saturated carbocycles. The fourth-order valence-electron chi connectivity index (χ4n) is 4.31. The van der Waals surface area contributed by atoms with Crippen molar-refractivity contribution in [1.29, 1.82) is 0 Å². The number of carboxylic acids is 1. The van der Waals surface area contributed by atoms with Gasteiger partial charge in [0.15, 0.2) is 11.3 Å². The molecule has 1 amide bonds. The Morgan fingerprint density at radius 2 is 1.74 bits per heavy atom. The zero-order valence-corrected chi connectivity index (χ0v) is 19.0. The Morgan fingerprint density at radius 3 is 2.46 bits per heavy atom. The average Bonchev–Trinajstić information content (AvgIpc) is 3.54. The molecule has 35 heavy (non-hydrogen) atoms. The summed E-state index contributed by atoms with van der Waals surface area (Å²) in [5.41, 5.74) is 1.84. The third kappa shape index (κ3) is 5.65. The van der Waals surface area contributed by atoms with E-state index in [1.165, 1.54) is 23.0 Å². The number of imidazole rings is 1. The summed E-state index contributed by atoms with van der Waals surface area (Å²) in [4.78, 5) is 31.7. The van der Waals surface area contributed by atoms with Gasteiger partial charge in [-0.05, 0) is 44.6 Å². The number of nitrogens with zero attached hydrogens (tertiary/aromatic N) is 4. The smallest absolute Gasteiger partial charge is 0.317 e. The van der Waals surface area contributed by atoms with Crippen LogP contribution in [0.4, 0.5) is 21.6 Å². The van der Waals surface area contributed by atoms with Gasteiger partial charge < -0.3 is 26.4 Å². The molecule has 0 bridgehead atoms. The molecule has 5 N–H and O–H groups in total. The van der Waals surface area contributed by atoms with Gasteiger partial charge in [0.1, 0.15) is 5.82 Å². The number of fused-ring (bicyclic) bond motifs is 1. The Kier molecular flexibility index (Phi) is 6.45. The molecule has 11 nitrogen and oxygen atoms in total. The summed E-state index contributed by atoms with van der Waals surface area (Å²) in [5, 5.41) is 26.2. The monoisotopic (exact) mass is 482 g/mol. The molecule has 3 aromatic heterocycles. The number of nitrogens with one attached hydrogen (secondary N) is 4. The van der Waals surface area contributed by atoms with Crippen LogP contribution in [0.2, 0.25) is 0 Å². The first-order valence-electron chi connectivity index (χ1n) is 11.7. The first-order valence-corrected chi connectivity index (χ1v) is 11.7. The van der Waals surface area contributed by atoms with Crippen molar-refractivity contribution in [2.24, 2.45) is 0 Å². The molecule has 0 atom stereocenters. The molecule has 2 aliphatic rings. The number of hydrogen-bond donors (Lipinski definition) is 5. The van der Waals surface area contributed by atoms with Gasteiger partial charge in [-0.25, -0.2) is 14.5 Å². The minimum absolute atomic E-state index is 0.0330. The largest absolute Gasteiger partial charge is 0.480 e. The zero-order chi connectivity index (χ0) is 24.4. The molecule has 5 rings (SSSR count). The van der Waals surface area contributed by atoms with Crippen LogP contribution in [0.3, 0.4) is 0 Å². The van der Waals surface area contributed by atoms with Gasteiger partial charge in [0, 0.05) is 42.1 Å².